The molecule has 0 saturated heterocycles. The monoisotopic (exact) mass is 261 g/mol. The van der Waals surface area contributed by atoms with Gasteiger partial charge in [-0.2, -0.15) is 0 Å². The highest BCUT2D eigenvalue weighted by molar-refractivity contribution is 6.30. The number of aromatic nitrogens is 2. The Morgan fingerprint density at radius 1 is 1.00 bits per heavy atom. The van der Waals surface area contributed by atoms with E-state index in [-0.39, 0.29) is 11.9 Å². The Hall–Kier alpha value is -2.27. The Kier molecular flexibility index (Phi) is 2.53. The maximum atomic E-state index is 5.92. The zero-order valence-electron chi connectivity index (χ0n) is 9.13. The van der Waals surface area contributed by atoms with Gasteiger partial charge >= 0.3 is 6.01 Å². The third kappa shape index (κ3) is 1.96. The van der Waals surface area contributed by atoms with E-state index in [4.69, 9.17) is 26.2 Å². The molecule has 2 heterocycles. The molecule has 0 radical (unpaired) electrons. The molecule has 0 bridgehead atoms. The molecule has 6 heteroatoms. The quantitative estimate of drug-likeness (QED) is 0.766. The molecule has 0 unspecified atom stereocenters. The molecule has 18 heavy (non-hydrogen) atoms. The van der Waals surface area contributed by atoms with Crippen LogP contribution in [0.15, 0.2) is 45.2 Å². The van der Waals surface area contributed by atoms with E-state index in [1.54, 1.807) is 18.2 Å². The largest absolute Gasteiger partial charge is 0.451 e. The van der Waals surface area contributed by atoms with Crippen molar-refractivity contribution < 1.29 is 8.83 Å². The summed E-state index contributed by atoms with van der Waals surface area (Å²) in [4.78, 5) is 0. The highest BCUT2D eigenvalue weighted by atomic mass is 35.5. The van der Waals surface area contributed by atoms with E-state index >= 15 is 0 Å². The van der Waals surface area contributed by atoms with Gasteiger partial charge < -0.3 is 14.6 Å². The molecular formula is C12H8ClN3O2. The van der Waals surface area contributed by atoms with Crippen LogP contribution in [-0.2, 0) is 0 Å². The van der Waals surface area contributed by atoms with Crippen LogP contribution in [0.2, 0.25) is 5.02 Å². The van der Waals surface area contributed by atoms with Crippen LogP contribution in [0.3, 0.4) is 0 Å². The second-order valence-corrected chi connectivity index (χ2v) is 4.06. The van der Waals surface area contributed by atoms with Gasteiger partial charge in [0, 0.05) is 10.6 Å². The van der Waals surface area contributed by atoms with E-state index in [1.807, 2.05) is 18.2 Å². The average molecular weight is 262 g/mol. The summed E-state index contributed by atoms with van der Waals surface area (Å²) in [6.07, 6.45) is 0. The molecule has 5 nitrogen and oxygen atoms in total. The Labute approximate surface area is 107 Å². The van der Waals surface area contributed by atoms with Gasteiger partial charge in [0.2, 0.25) is 0 Å². The van der Waals surface area contributed by atoms with Gasteiger partial charge in [-0.3, -0.25) is 0 Å². The fourth-order valence-corrected chi connectivity index (χ4v) is 1.77. The Bertz CT molecular complexity index is 690. The second-order valence-electron chi connectivity index (χ2n) is 3.62. The van der Waals surface area contributed by atoms with Crippen molar-refractivity contribution in [2.45, 2.75) is 0 Å². The second kappa shape index (κ2) is 4.19. The summed E-state index contributed by atoms with van der Waals surface area (Å²) in [7, 11) is 0. The van der Waals surface area contributed by atoms with Crippen molar-refractivity contribution in [2.75, 3.05) is 5.73 Å². The predicted octanol–water partition coefficient (Wildman–Crippen LogP) is 3.23. The third-order valence-corrected chi connectivity index (χ3v) is 2.60. The molecule has 0 spiro atoms. The van der Waals surface area contributed by atoms with Gasteiger partial charge in [-0.1, -0.05) is 28.8 Å². The molecule has 90 valence electrons. The van der Waals surface area contributed by atoms with Gasteiger partial charge in [0.05, 0.1) is 0 Å². The van der Waals surface area contributed by atoms with Crippen molar-refractivity contribution in [3.05, 3.63) is 41.4 Å². The summed E-state index contributed by atoms with van der Waals surface area (Å²) < 4.78 is 10.7. The van der Waals surface area contributed by atoms with Crippen molar-refractivity contribution in [2.24, 2.45) is 0 Å². The Balaban J connectivity index is 1.99. The van der Waals surface area contributed by atoms with Crippen LogP contribution in [0.1, 0.15) is 0 Å². The molecule has 0 aliphatic carbocycles. The van der Waals surface area contributed by atoms with E-state index < -0.39 is 0 Å². The zero-order chi connectivity index (χ0) is 12.5. The molecule has 2 N–H and O–H groups in total. The Morgan fingerprint density at radius 2 is 1.83 bits per heavy atom. The fourth-order valence-electron chi connectivity index (χ4n) is 1.58. The molecule has 1 aromatic carbocycles. The van der Waals surface area contributed by atoms with E-state index in [0.29, 0.717) is 16.5 Å². The molecule has 3 rings (SSSR count). The van der Waals surface area contributed by atoms with Crippen molar-refractivity contribution >= 4 is 17.6 Å². The number of anilines is 1. The summed E-state index contributed by atoms with van der Waals surface area (Å²) in [5, 5.41) is 7.96. The number of halogens is 1. The minimum Gasteiger partial charge on any atom is -0.451 e. The van der Waals surface area contributed by atoms with Crippen molar-refractivity contribution in [1.29, 1.82) is 0 Å². The first-order valence-electron chi connectivity index (χ1n) is 5.17. The SMILES string of the molecule is Nc1nnc(-c2ccc(-c3cccc(Cl)c3)o2)o1. The maximum Gasteiger partial charge on any atom is 0.313 e. The predicted molar refractivity (Wildman–Crippen MR) is 66.9 cm³/mol. The fraction of sp³-hybridized carbons (Fsp3) is 0. The summed E-state index contributed by atoms with van der Waals surface area (Å²) in [5.41, 5.74) is 6.23. The minimum atomic E-state index is 0.00528. The van der Waals surface area contributed by atoms with Crippen molar-refractivity contribution in [3.63, 3.8) is 0 Å². The van der Waals surface area contributed by atoms with Gasteiger partial charge in [-0.25, -0.2) is 0 Å². The molecule has 0 aliphatic rings. The number of nitrogens with two attached hydrogens (primary N) is 1. The molecule has 3 aromatic rings. The van der Waals surface area contributed by atoms with Crippen LogP contribution < -0.4 is 5.73 Å². The van der Waals surface area contributed by atoms with Crippen LogP contribution in [0.4, 0.5) is 6.01 Å². The molecule has 0 saturated carbocycles. The lowest BCUT2D eigenvalue weighted by molar-refractivity contribution is 0.533. The topological polar surface area (TPSA) is 78.1 Å². The smallest absolute Gasteiger partial charge is 0.313 e. The van der Waals surface area contributed by atoms with E-state index in [0.717, 1.165) is 5.56 Å². The van der Waals surface area contributed by atoms with Crippen LogP contribution in [0.25, 0.3) is 23.0 Å². The third-order valence-electron chi connectivity index (χ3n) is 2.37. The van der Waals surface area contributed by atoms with Gasteiger partial charge in [-0.15, -0.1) is 5.10 Å². The van der Waals surface area contributed by atoms with Gasteiger partial charge in [-0.05, 0) is 24.3 Å². The summed E-state index contributed by atoms with van der Waals surface area (Å²) in [6.45, 7) is 0. The Morgan fingerprint density at radius 3 is 2.56 bits per heavy atom. The lowest BCUT2D eigenvalue weighted by atomic mass is 10.2. The normalized spacial score (nSPS) is 10.7. The summed E-state index contributed by atoms with van der Waals surface area (Å²) in [6, 6.07) is 10.9. The first-order chi connectivity index (χ1) is 8.72. The maximum absolute atomic E-state index is 5.92. The van der Waals surface area contributed by atoms with E-state index in [2.05, 4.69) is 10.2 Å². The molecule has 0 atom stereocenters. The first kappa shape index (κ1) is 10.9. The first-order valence-corrected chi connectivity index (χ1v) is 5.55. The number of furan rings is 1. The number of nitrogens with zero attached hydrogens (tertiary/aromatic N) is 2. The number of hydrogen-bond donors (Lipinski definition) is 1. The van der Waals surface area contributed by atoms with Crippen LogP contribution in [0, 0.1) is 0 Å². The average Bonchev–Trinajstić information content (AvgIpc) is 2.97. The molecule has 0 fully saturated rings. The van der Waals surface area contributed by atoms with E-state index in [9.17, 15) is 0 Å². The lowest BCUT2D eigenvalue weighted by Gasteiger charge is -1.96. The standard InChI is InChI=1S/C12H8ClN3O2/c13-8-3-1-2-7(6-8)9-4-5-10(17-9)11-15-16-12(14)18-11/h1-6H,(H2,14,16). The van der Waals surface area contributed by atoms with Crippen LogP contribution in [0.5, 0.6) is 0 Å². The van der Waals surface area contributed by atoms with Crippen LogP contribution >= 0.6 is 11.6 Å². The molecule has 0 aliphatic heterocycles. The minimum absolute atomic E-state index is 0.00528. The van der Waals surface area contributed by atoms with Crippen LogP contribution in [-0.4, -0.2) is 10.2 Å². The number of rotatable bonds is 2. The lowest BCUT2D eigenvalue weighted by Crippen LogP contribution is -1.81. The van der Waals surface area contributed by atoms with Gasteiger partial charge in [0.15, 0.2) is 5.76 Å². The van der Waals surface area contributed by atoms with E-state index in [1.165, 1.54) is 0 Å². The molecule has 2 aromatic heterocycles. The number of hydrogen-bond acceptors (Lipinski definition) is 5. The molecular weight excluding hydrogens is 254 g/mol. The zero-order valence-corrected chi connectivity index (χ0v) is 9.89. The highest BCUT2D eigenvalue weighted by Gasteiger charge is 2.12. The number of benzene rings is 1. The highest BCUT2D eigenvalue weighted by Crippen LogP contribution is 2.29. The van der Waals surface area contributed by atoms with Gasteiger partial charge in [0.25, 0.3) is 5.89 Å². The van der Waals surface area contributed by atoms with Crippen molar-refractivity contribution in [3.8, 4) is 23.0 Å². The summed E-state index contributed by atoms with van der Waals surface area (Å²) in [5.74, 6) is 1.39. The number of nitrogen functional groups attached to an aromatic ring is 1. The van der Waals surface area contributed by atoms with Crippen molar-refractivity contribution in [1.82, 2.24) is 10.2 Å². The molecule has 0 amide bonds. The summed E-state index contributed by atoms with van der Waals surface area (Å²) >= 11 is 5.92. The van der Waals surface area contributed by atoms with Gasteiger partial charge in [0.1, 0.15) is 5.76 Å².